The second kappa shape index (κ2) is 11.8. The summed E-state index contributed by atoms with van der Waals surface area (Å²) < 4.78 is 78.0. The van der Waals surface area contributed by atoms with Gasteiger partial charge in [-0.15, -0.1) is 0 Å². The van der Waals surface area contributed by atoms with E-state index >= 15 is 0 Å². The van der Waals surface area contributed by atoms with Gasteiger partial charge in [0, 0.05) is 25.3 Å². The number of benzene rings is 3. The average Bonchev–Trinajstić information content (AvgIpc) is 2.86. The smallest absolute Gasteiger partial charge is 0.188 e. The molecule has 3 rings (SSSR count). The van der Waals surface area contributed by atoms with Gasteiger partial charge in [0.1, 0.15) is 22.6 Å². The molecule has 0 fully saturated rings. The summed E-state index contributed by atoms with van der Waals surface area (Å²) in [6, 6.07) is 12.3. The zero-order valence-corrected chi connectivity index (χ0v) is 18.2. The predicted octanol–water partition coefficient (Wildman–Crippen LogP) is 5.01. The fourth-order valence-electron chi connectivity index (χ4n) is 2.64. The number of rotatable bonds is 6. The zero-order valence-electron chi connectivity index (χ0n) is 18.2. The lowest BCUT2D eigenvalue weighted by Crippen LogP contribution is -2.04. The predicted molar refractivity (Wildman–Crippen MR) is 116 cm³/mol. The topological polar surface area (TPSA) is 36.9 Å². The van der Waals surface area contributed by atoms with Gasteiger partial charge in [0.05, 0.1) is 0 Å². The summed E-state index contributed by atoms with van der Waals surface area (Å²) >= 11 is 0. The Morgan fingerprint density at radius 3 is 1.15 bits per heavy atom. The molecule has 0 radical (unpaired) electrons. The first-order chi connectivity index (χ1) is 16.4. The maximum absolute atomic E-state index is 14.5. The molecule has 0 amide bonds. The molecule has 0 aliphatic rings. The Morgan fingerprint density at radius 2 is 0.853 bits per heavy atom. The van der Waals surface area contributed by atoms with Crippen LogP contribution in [0.15, 0.2) is 48.5 Å². The van der Waals surface area contributed by atoms with E-state index in [1.54, 1.807) is 24.3 Å². The third-order valence-electron chi connectivity index (χ3n) is 4.32. The van der Waals surface area contributed by atoms with Crippen LogP contribution in [0.25, 0.3) is 0 Å². The third kappa shape index (κ3) is 6.08. The van der Waals surface area contributed by atoms with E-state index in [4.69, 9.17) is 18.9 Å². The van der Waals surface area contributed by atoms with E-state index in [0.717, 1.165) is 0 Å². The zero-order chi connectivity index (χ0) is 24.5. The molecule has 4 nitrogen and oxygen atoms in total. The van der Waals surface area contributed by atoms with E-state index in [1.165, 1.54) is 38.5 Å². The Kier molecular flexibility index (Phi) is 8.53. The quantitative estimate of drug-likeness (QED) is 0.220. The summed E-state index contributed by atoms with van der Waals surface area (Å²) in [6.07, 6.45) is 0. The van der Waals surface area contributed by atoms with Crippen LogP contribution in [0.4, 0.5) is 17.6 Å². The van der Waals surface area contributed by atoms with Crippen LogP contribution in [0.2, 0.25) is 0 Å². The van der Waals surface area contributed by atoms with Gasteiger partial charge in [-0.2, -0.15) is 0 Å². The summed E-state index contributed by atoms with van der Waals surface area (Å²) in [5.41, 5.74) is -1.35. The van der Waals surface area contributed by atoms with Crippen LogP contribution in [0.5, 0.6) is 11.5 Å². The summed E-state index contributed by atoms with van der Waals surface area (Å²) in [4.78, 5) is 0. The standard InChI is InChI=1S/C26H18F4O4/c1-31-15-33-19-9-3-17(4-10-19)7-13-21-23(27)25(29)22(26(30)24(21)28)14-8-18-5-11-20(12-6-18)34-16-32-2/h3-6,9-12H,15-16H2,1-2H3. The third-order valence-corrected chi connectivity index (χ3v) is 4.32. The van der Waals surface area contributed by atoms with Crippen LogP contribution in [0.3, 0.4) is 0 Å². The SMILES string of the molecule is COCOc1ccc(C#Cc2c(F)c(F)c(C#Cc3ccc(OCOC)cc3)c(F)c2F)cc1. The number of halogens is 4. The molecule has 8 heteroatoms. The minimum Gasteiger partial charge on any atom is -0.468 e. The van der Waals surface area contributed by atoms with Gasteiger partial charge in [-0.05, 0) is 48.5 Å². The Hall–Kier alpha value is -3.98. The fourth-order valence-corrected chi connectivity index (χ4v) is 2.64. The normalized spacial score (nSPS) is 10.1. The van der Waals surface area contributed by atoms with E-state index < -0.39 is 34.4 Å². The maximum Gasteiger partial charge on any atom is 0.188 e. The Labute approximate surface area is 194 Å². The Morgan fingerprint density at radius 1 is 0.529 bits per heavy atom. The van der Waals surface area contributed by atoms with Crippen molar-refractivity contribution >= 4 is 0 Å². The first kappa shape index (κ1) is 24.7. The molecule has 0 bridgehead atoms. The van der Waals surface area contributed by atoms with Crippen LogP contribution in [0.1, 0.15) is 22.3 Å². The molecule has 34 heavy (non-hydrogen) atoms. The second-order valence-electron chi connectivity index (χ2n) is 6.66. The van der Waals surface area contributed by atoms with E-state index in [1.807, 2.05) is 0 Å². The minimum absolute atomic E-state index is 0.0450. The molecule has 0 unspecified atom stereocenters. The lowest BCUT2D eigenvalue weighted by atomic mass is 10.1. The lowest BCUT2D eigenvalue weighted by molar-refractivity contribution is 0.0509. The van der Waals surface area contributed by atoms with E-state index in [2.05, 4.69) is 23.7 Å². The van der Waals surface area contributed by atoms with Gasteiger partial charge >= 0.3 is 0 Å². The number of hydrogen-bond donors (Lipinski definition) is 0. The highest BCUT2D eigenvalue weighted by Gasteiger charge is 2.23. The Balaban J connectivity index is 1.86. The molecule has 0 aliphatic carbocycles. The number of ether oxygens (including phenoxy) is 4. The van der Waals surface area contributed by atoms with Gasteiger partial charge < -0.3 is 18.9 Å². The van der Waals surface area contributed by atoms with Crippen LogP contribution < -0.4 is 9.47 Å². The van der Waals surface area contributed by atoms with Gasteiger partial charge in [-0.25, -0.2) is 17.6 Å². The first-order valence-electron chi connectivity index (χ1n) is 9.78. The first-order valence-corrected chi connectivity index (χ1v) is 9.78. The van der Waals surface area contributed by atoms with Crippen LogP contribution >= 0.6 is 0 Å². The molecule has 3 aromatic rings. The summed E-state index contributed by atoms with van der Waals surface area (Å²) in [6.45, 7) is 0.0900. The van der Waals surface area contributed by atoms with Gasteiger partial charge in [0.2, 0.25) is 0 Å². The minimum atomic E-state index is -1.63. The van der Waals surface area contributed by atoms with E-state index in [-0.39, 0.29) is 13.6 Å². The summed E-state index contributed by atoms with van der Waals surface area (Å²) in [5.74, 6) is 3.71. The highest BCUT2D eigenvalue weighted by Crippen LogP contribution is 2.23. The van der Waals surface area contributed by atoms with Crippen molar-refractivity contribution in [3.05, 3.63) is 94.1 Å². The average molecular weight is 470 g/mol. The fraction of sp³-hybridized carbons (Fsp3) is 0.154. The van der Waals surface area contributed by atoms with Gasteiger partial charge in [0.25, 0.3) is 0 Å². The lowest BCUT2D eigenvalue weighted by Gasteiger charge is -2.05. The molecular formula is C26H18F4O4. The van der Waals surface area contributed by atoms with Crippen molar-refractivity contribution < 1.29 is 36.5 Å². The van der Waals surface area contributed by atoms with Crippen molar-refractivity contribution in [2.75, 3.05) is 27.8 Å². The molecule has 0 heterocycles. The molecule has 0 N–H and O–H groups in total. The summed E-state index contributed by atoms with van der Waals surface area (Å²) in [5, 5.41) is 0. The highest BCUT2D eigenvalue weighted by atomic mass is 19.2. The molecule has 0 atom stereocenters. The monoisotopic (exact) mass is 470 g/mol. The molecule has 174 valence electrons. The molecule has 0 saturated heterocycles. The van der Waals surface area contributed by atoms with Crippen molar-refractivity contribution in [2.45, 2.75) is 0 Å². The van der Waals surface area contributed by atoms with E-state index in [9.17, 15) is 17.6 Å². The number of methoxy groups -OCH3 is 2. The molecule has 0 aromatic heterocycles. The van der Waals surface area contributed by atoms with Crippen LogP contribution in [-0.2, 0) is 9.47 Å². The molecule has 0 saturated carbocycles. The van der Waals surface area contributed by atoms with Gasteiger partial charge in [-0.3, -0.25) is 0 Å². The largest absolute Gasteiger partial charge is 0.468 e. The molecular weight excluding hydrogens is 452 g/mol. The van der Waals surface area contributed by atoms with Gasteiger partial charge in [0.15, 0.2) is 36.9 Å². The summed E-state index contributed by atoms with van der Waals surface area (Å²) in [7, 11) is 2.94. The Bertz CT molecular complexity index is 1140. The van der Waals surface area contributed by atoms with Crippen molar-refractivity contribution in [3.8, 4) is 35.2 Å². The van der Waals surface area contributed by atoms with E-state index in [0.29, 0.717) is 22.6 Å². The van der Waals surface area contributed by atoms with Crippen LogP contribution in [-0.4, -0.2) is 27.8 Å². The molecule has 0 spiro atoms. The molecule has 3 aromatic carbocycles. The molecule has 0 aliphatic heterocycles. The maximum atomic E-state index is 14.5. The van der Waals surface area contributed by atoms with Crippen LogP contribution in [0, 0.1) is 47.0 Å². The van der Waals surface area contributed by atoms with Crippen molar-refractivity contribution in [1.82, 2.24) is 0 Å². The number of hydrogen-bond acceptors (Lipinski definition) is 4. The van der Waals surface area contributed by atoms with Crippen molar-refractivity contribution in [2.24, 2.45) is 0 Å². The second-order valence-corrected chi connectivity index (χ2v) is 6.66. The highest BCUT2D eigenvalue weighted by molar-refractivity contribution is 5.51. The van der Waals surface area contributed by atoms with Gasteiger partial charge in [-0.1, -0.05) is 23.7 Å². The van der Waals surface area contributed by atoms with Crippen molar-refractivity contribution in [1.29, 1.82) is 0 Å². The van der Waals surface area contributed by atoms with Crippen molar-refractivity contribution in [3.63, 3.8) is 0 Å².